The number of hydrogen-bond donors (Lipinski definition) is 1. The summed E-state index contributed by atoms with van der Waals surface area (Å²) in [6.45, 7) is 5.65. The van der Waals surface area contributed by atoms with E-state index in [-0.39, 0.29) is 0 Å². The van der Waals surface area contributed by atoms with Crippen molar-refractivity contribution in [1.29, 1.82) is 0 Å². The number of aryl methyl sites for hydroxylation is 2. The molecule has 1 N–H and O–H groups in total. The zero-order chi connectivity index (χ0) is 14.5. The molecule has 20 heavy (non-hydrogen) atoms. The van der Waals surface area contributed by atoms with Crippen molar-refractivity contribution >= 4 is 15.9 Å². The van der Waals surface area contributed by atoms with E-state index in [4.69, 9.17) is 4.74 Å². The molecule has 3 heteroatoms. The van der Waals surface area contributed by atoms with Crippen LogP contribution in [0.4, 0.5) is 0 Å². The topological polar surface area (TPSA) is 21.3 Å². The third kappa shape index (κ3) is 3.62. The molecule has 0 amide bonds. The van der Waals surface area contributed by atoms with Crippen LogP contribution in [-0.2, 0) is 13.2 Å². The van der Waals surface area contributed by atoms with E-state index in [0.29, 0.717) is 6.61 Å². The van der Waals surface area contributed by atoms with Crippen LogP contribution in [0.1, 0.15) is 22.3 Å². The van der Waals surface area contributed by atoms with E-state index in [1.165, 1.54) is 16.7 Å². The summed E-state index contributed by atoms with van der Waals surface area (Å²) in [4.78, 5) is 0. The SMILES string of the molecule is CNCc1cc(Br)ccc1OCc1c(C)cccc1C. The predicted octanol–water partition coefficient (Wildman–Crippen LogP) is 4.36. The average Bonchev–Trinajstić information content (AvgIpc) is 2.40. The van der Waals surface area contributed by atoms with Gasteiger partial charge in [-0.1, -0.05) is 34.1 Å². The molecule has 0 aliphatic heterocycles. The maximum Gasteiger partial charge on any atom is 0.124 e. The van der Waals surface area contributed by atoms with Gasteiger partial charge in [0.1, 0.15) is 12.4 Å². The van der Waals surface area contributed by atoms with Crippen molar-refractivity contribution in [2.75, 3.05) is 7.05 Å². The molecule has 2 nitrogen and oxygen atoms in total. The molecule has 106 valence electrons. The normalized spacial score (nSPS) is 10.6. The van der Waals surface area contributed by atoms with Gasteiger partial charge in [-0.2, -0.15) is 0 Å². The second kappa shape index (κ2) is 6.91. The van der Waals surface area contributed by atoms with Crippen molar-refractivity contribution in [1.82, 2.24) is 5.32 Å². The lowest BCUT2D eigenvalue weighted by Gasteiger charge is -2.14. The van der Waals surface area contributed by atoms with E-state index in [2.05, 4.69) is 59.4 Å². The van der Waals surface area contributed by atoms with Gasteiger partial charge in [-0.25, -0.2) is 0 Å². The molecule has 0 saturated carbocycles. The molecule has 0 heterocycles. The molecule has 0 unspecified atom stereocenters. The van der Waals surface area contributed by atoms with Crippen LogP contribution in [0.3, 0.4) is 0 Å². The molecule has 0 bridgehead atoms. The Kier molecular flexibility index (Phi) is 5.21. The summed E-state index contributed by atoms with van der Waals surface area (Å²) in [7, 11) is 1.94. The van der Waals surface area contributed by atoms with Gasteiger partial charge in [0.25, 0.3) is 0 Å². The maximum atomic E-state index is 6.03. The molecule has 0 radical (unpaired) electrons. The van der Waals surface area contributed by atoms with Crippen molar-refractivity contribution in [3.63, 3.8) is 0 Å². The van der Waals surface area contributed by atoms with Crippen molar-refractivity contribution in [3.05, 3.63) is 63.1 Å². The Hall–Kier alpha value is -1.32. The van der Waals surface area contributed by atoms with Gasteiger partial charge in [-0.05, 0) is 55.8 Å². The third-order valence-electron chi connectivity index (χ3n) is 3.41. The highest BCUT2D eigenvalue weighted by Gasteiger charge is 2.07. The molecule has 2 aromatic carbocycles. The van der Waals surface area contributed by atoms with E-state index < -0.39 is 0 Å². The molecule has 0 atom stereocenters. The zero-order valence-electron chi connectivity index (χ0n) is 12.2. The van der Waals surface area contributed by atoms with Crippen LogP contribution in [0.25, 0.3) is 0 Å². The maximum absolute atomic E-state index is 6.03. The summed E-state index contributed by atoms with van der Waals surface area (Å²) in [5, 5.41) is 3.17. The highest BCUT2D eigenvalue weighted by atomic mass is 79.9. The molecule has 0 saturated heterocycles. The fraction of sp³-hybridized carbons (Fsp3) is 0.294. The first kappa shape index (κ1) is 15.1. The standard InChI is InChI=1S/C17H20BrNO/c1-12-5-4-6-13(2)16(12)11-20-17-8-7-15(18)9-14(17)10-19-3/h4-9,19H,10-11H2,1-3H3. The molecular formula is C17H20BrNO. The predicted molar refractivity (Wildman–Crippen MR) is 87.2 cm³/mol. The summed E-state index contributed by atoms with van der Waals surface area (Å²) in [5.74, 6) is 0.935. The Bertz CT molecular complexity index is 575. The summed E-state index contributed by atoms with van der Waals surface area (Å²) >= 11 is 3.50. The average molecular weight is 334 g/mol. The molecule has 0 spiro atoms. The van der Waals surface area contributed by atoms with E-state index in [0.717, 1.165) is 22.3 Å². The zero-order valence-corrected chi connectivity index (χ0v) is 13.8. The molecule has 0 aliphatic carbocycles. The number of ether oxygens (including phenoxy) is 1. The van der Waals surface area contributed by atoms with E-state index >= 15 is 0 Å². The van der Waals surface area contributed by atoms with Gasteiger partial charge in [0.15, 0.2) is 0 Å². The number of rotatable bonds is 5. The van der Waals surface area contributed by atoms with Gasteiger partial charge in [-0.3, -0.25) is 0 Å². The molecule has 0 fully saturated rings. The molecular weight excluding hydrogens is 314 g/mol. The quantitative estimate of drug-likeness (QED) is 0.877. The van der Waals surface area contributed by atoms with Crippen LogP contribution in [0.15, 0.2) is 40.9 Å². The summed E-state index contributed by atoms with van der Waals surface area (Å²) in [6.07, 6.45) is 0. The Morgan fingerprint density at radius 2 is 1.80 bits per heavy atom. The van der Waals surface area contributed by atoms with E-state index in [1.54, 1.807) is 0 Å². The smallest absolute Gasteiger partial charge is 0.124 e. The van der Waals surface area contributed by atoms with Crippen molar-refractivity contribution < 1.29 is 4.74 Å². The highest BCUT2D eigenvalue weighted by Crippen LogP contribution is 2.25. The summed E-state index contributed by atoms with van der Waals surface area (Å²) in [6, 6.07) is 12.5. The first-order valence-corrected chi connectivity index (χ1v) is 7.52. The number of nitrogens with one attached hydrogen (secondary N) is 1. The minimum atomic E-state index is 0.608. The minimum absolute atomic E-state index is 0.608. The summed E-state index contributed by atoms with van der Waals surface area (Å²) in [5.41, 5.74) is 4.98. The van der Waals surface area contributed by atoms with Crippen LogP contribution in [0, 0.1) is 13.8 Å². The largest absolute Gasteiger partial charge is 0.489 e. The lowest BCUT2D eigenvalue weighted by atomic mass is 10.0. The van der Waals surface area contributed by atoms with Gasteiger partial charge < -0.3 is 10.1 Å². The Balaban J connectivity index is 2.18. The van der Waals surface area contributed by atoms with E-state index in [9.17, 15) is 0 Å². The van der Waals surface area contributed by atoms with E-state index in [1.807, 2.05) is 19.2 Å². The van der Waals surface area contributed by atoms with Crippen LogP contribution in [-0.4, -0.2) is 7.05 Å². The summed E-state index contributed by atoms with van der Waals surface area (Å²) < 4.78 is 7.10. The fourth-order valence-electron chi connectivity index (χ4n) is 2.24. The van der Waals surface area contributed by atoms with Gasteiger partial charge in [0.2, 0.25) is 0 Å². The monoisotopic (exact) mass is 333 g/mol. The Morgan fingerprint density at radius 3 is 2.45 bits per heavy atom. The number of benzene rings is 2. The van der Waals surface area contributed by atoms with Gasteiger partial charge in [-0.15, -0.1) is 0 Å². The van der Waals surface area contributed by atoms with Crippen molar-refractivity contribution in [3.8, 4) is 5.75 Å². The lowest BCUT2D eigenvalue weighted by molar-refractivity contribution is 0.301. The highest BCUT2D eigenvalue weighted by molar-refractivity contribution is 9.10. The second-order valence-electron chi connectivity index (χ2n) is 4.94. The first-order valence-electron chi connectivity index (χ1n) is 6.72. The molecule has 0 aliphatic rings. The number of halogens is 1. The molecule has 2 rings (SSSR count). The van der Waals surface area contributed by atoms with Crippen molar-refractivity contribution in [2.45, 2.75) is 27.0 Å². The second-order valence-corrected chi connectivity index (χ2v) is 5.86. The lowest BCUT2D eigenvalue weighted by Crippen LogP contribution is -2.08. The first-order chi connectivity index (χ1) is 9.61. The minimum Gasteiger partial charge on any atom is -0.489 e. The van der Waals surface area contributed by atoms with Crippen LogP contribution in [0.2, 0.25) is 0 Å². The van der Waals surface area contributed by atoms with Crippen LogP contribution < -0.4 is 10.1 Å². The number of hydrogen-bond acceptors (Lipinski definition) is 2. The van der Waals surface area contributed by atoms with Gasteiger partial charge in [0.05, 0.1) is 0 Å². The van der Waals surface area contributed by atoms with Gasteiger partial charge in [0, 0.05) is 16.6 Å². The molecule has 2 aromatic rings. The van der Waals surface area contributed by atoms with Crippen molar-refractivity contribution in [2.24, 2.45) is 0 Å². The van der Waals surface area contributed by atoms with Crippen LogP contribution >= 0.6 is 15.9 Å². The molecule has 0 aromatic heterocycles. The fourth-order valence-corrected chi connectivity index (χ4v) is 2.65. The Morgan fingerprint density at radius 1 is 1.10 bits per heavy atom. The Labute approximate surface area is 129 Å². The third-order valence-corrected chi connectivity index (χ3v) is 3.90. The van der Waals surface area contributed by atoms with Crippen LogP contribution in [0.5, 0.6) is 5.75 Å². The van der Waals surface area contributed by atoms with Gasteiger partial charge >= 0.3 is 0 Å².